The molecule has 74 valence electrons. The van der Waals surface area contributed by atoms with Crippen LogP contribution in [-0.2, 0) is 4.79 Å². The molecule has 0 heterocycles. The van der Waals surface area contributed by atoms with E-state index in [0.29, 0.717) is 5.75 Å². The van der Waals surface area contributed by atoms with Crippen molar-refractivity contribution < 1.29 is 14.6 Å². The second-order valence-corrected chi connectivity index (χ2v) is 3.14. The lowest BCUT2D eigenvalue weighted by Gasteiger charge is -2.00. The van der Waals surface area contributed by atoms with Gasteiger partial charge < -0.3 is 9.84 Å². The Labute approximate surface area is 82.6 Å². The summed E-state index contributed by atoms with van der Waals surface area (Å²) in [5, 5.41) is 8.98. The lowest BCUT2D eigenvalue weighted by atomic mass is 10.3. The Kier molecular flexibility index (Phi) is 3.29. The summed E-state index contributed by atoms with van der Waals surface area (Å²) in [4.78, 5) is 11.1. The van der Waals surface area contributed by atoms with Crippen LogP contribution in [0.3, 0.4) is 0 Å². The summed E-state index contributed by atoms with van der Waals surface area (Å²) < 4.78 is 4.95. The lowest BCUT2D eigenvalue weighted by molar-refractivity contribution is -0.129. The second kappa shape index (κ2) is 4.46. The molecule has 3 nitrogen and oxygen atoms in total. The van der Waals surface area contributed by atoms with Crippen molar-refractivity contribution in [1.82, 2.24) is 0 Å². The molecule has 1 rings (SSSR count). The van der Waals surface area contributed by atoms with E-state index in [1.54, 1.807) is 0 Å². The van der Waals surface area contributed by atoms with Gasteiger partial charge >= 0.3 is 5.97 Å². The Morgan fingerprint density at radius 3 is 2.36 bits per heavy atom. The molecule has 0 spiro atoms. The second-order valence-electron chi connectivity index (χ2n) is 3.14. The number of esters is 1. The van der Waals surface area contributed by atoms with Crippen LogP contribution < -0.4 is 4.74 Å². The van der Waals surface area contributed by atoms with E-state index in [-0.39, 0.29) is 5.75 Å². The zero-order valence-electron chi connectivity index (χ0n) is 8.15. The molecule has 1 aromatic carbocycles. The maximum atomic E-state index is 11.1. The standard InChI is InChI=1S/C11H12O3/c1-8(2)7-11(13)14-10-5-3-9(12)4-6-10/h3-7,12H,1-2H3. The van der Waals surface area contributed by atoms with E-state index < -0.39 is 5.97 Å². The van der Waals surface area contributed by atoms with Gasteiger partial charge in [0.2, 0.25) is 0 Å². The fraction of sp³-hybridized carbons (Fsp3) is 0.182. The molecular weight excluding hydrogens is 180 g/mol. The zero-order chi connectivity index (χ0) is 10.6. The van der Waals surface area contributed by atoms with Crippen molar-refractivity contribution >= 4 is 5.97 Å². The molecule has 1 N–H and O–H groups in total. The first-order chi connectivity index (χ1) is 6.58. The fourth-order valence-corrected chi connectivity index (χ4v) is 0.895. The Bertz CT molecular complexity index is 345. The molecule has 0 fully saturated rings. The summed E-state index contributed by atoms with van der Waals surface area (Å²) in [6.07, 6.45) is 1.41. The fourth-order valence-electron chi connectivity index (χ4n) is 0.895. The van der Waals surface area contributed by atoms with Crippen LogP contribution in [0.4, 0.5) is 0 Å². The average Bonchev–Trinajstić information content (AvgIpc) is 2.07. The highest BCUT2D eigenvalue weighted by atomic mass is 16.5. The molecule has 0 amide bonds. The molecule has 0 aliphatic rings. The van der Waals surface area contributed by atoms with Gasteiger partial charge in [0.15, 0.2) is 0 Å². The van der Waals surface area contributed by atoms with Gasteiger partial charge in [0, 0.05) is 6.08 Å². The number of benzene rings is 1. The summed E-state index contributed by atoms with van der Waals surface area (Å²) in [5.74, 6) is 0.160. The minimum Gasteiger partial charge on any atom is -0.508 e. The van der Waals surface area contributed by atoms with E-state index in [2.05, 4.69) is 0 Å². The number of allylic oxidation sites excluding steroid dienone is 1. The number of phenolic OH excluding ortho intramolecular Hbond substituents is 1. The summed E-state index contributed by atoms with van der Waals surface area (Å²) >= 11 is 0. The van der Waals surface area contributed by atoms with Gasteiger partial charge in [-0.2, -0.15) is 0 Å². The van der Waals surface area contributed by atoms with Gasteiger partial charge in [-0.3, -0.25) is 0 Å². The normalized spacial score (nSPS) is 9.29. The third kappa shape index (κ3) is 3.31. The molecule has 0 aromatic heterocycles. The largest absolute Gasteiger partial charge is 0.508 e. The van der Waals surface area contributed by atoms with Crippen LogP contribution >= 0.6 is 0 Å². The zero-order valence-corrected chi connectivity index (χ0v) is 8.15. The Morgan fingerprint density at radius 1 is 1.29 bits per heavy atom. The number of phenols is 1. The first-order valence-corrected chi connectivity index (χ1v) is 4.23. The summed E-state index contributed by atoms with van der Waals surface area (Å²) in [7, 11) is 0. The van der Waals surface area contributed by atoms with Crippen molar-refractivity contribution in [3.05, 3.63) is 35.9 Å². The van der Waals surface area contributed by atoms with Gasteiger partial charge in [0.25, 0.3) is 0 Å². The number of rotatable bonds is 2. The number of aromatic hydroxyl groups is 1. The predicted octanol–water partition coefficient (Wildman–Crippen LogP) is 2.26. The molecule has 0 atom stereocenters. The molecule has 3 heteroatoms. The van der Waals surface area contributed by atoms with Gasteiger partial charge in [-0.15, -0.1) is 0 Å². The van der Waals surface area contributed by atoms with E-state index in [9.17, 15) is 4.79 Å². The van der Waals surface area contributed by atoms with Gasteiger partial charge in [0.05, 0.1) is 0 Å². The van der Waals surface area contributed by atoms with Crippen molar-refractivity contribution in [1.29, 1.82) is 0 Å². The van der Waals surface area contributed by atoms with Crippen molar-refractivity contribution in [3.8, 4) is 11.5 Å². The monoisotopic (exact) mass is 192 g/mol. The third-order valence-corrected chi connectivity index (χ3v) is 1.46. The highest BCUT2D eigenvalue weighted by Crippen LogP contribution is 2.16. The maximum absolute atomic E-state index is 11.1. The van der Waals surface area contributed by atoms with Crippen molar-refractivity contribution in [2.75, 3.05) is 0 Å². The molecule has 0 saturated carbocycles. The van der Waals surface area contributed by atoms with E-state index >= 15 is 0 Å². The summed E-state index contributed by atoms with van der Waals surface area (Å²) in [5.41, 5.74) is 0.883. The number of ether oxygens (including phenoxy) is 1. The van der Waals surface area contributed by atoms with Crippen molar-refractivity contribution in [2.24, 2.45) is 0 Å². The van der Waals surface area contributed by atoms with Crippen molar-refractivity contribution in [3.63, 3.8) is 0 Å². The van der Waals surface area contributed by atoms with Crippen LogP contribution in [0.5, 0.6) is 11.5 Å². The SMILES string of the molecule is CC(C)=CC(=O)Oc1ccc(O)cc1. The van der Waals surface area contributed by atoms with E-state index in [1.807, 2.05) is 13.8 Å². The topological polar surface area (TPSA) is 46.5 Å². The van der Waals surface area contributed by atoms with Gasteiger partial charge in [0.1, 0.15) is 11.5 Å². The molecule has 0 bridgehead atoms. The van der Waals surface area contributed by atoms with Crippen LogP contribution in [0, 0.1) is 0 Å². The molecule has 1 aromatic rings. The lowest BCUT2D eigenvalue weighted by Crippen LogP contribution is -2.04. The molecule has 0 radical (unpaired) electrons. The summed E-state index contributed by atoms with van der Waals surface area (Å²) in [6.45, 7) is 3.64. The molecule has 14 heavy (non-hydrogen) atoms. The minimum atomic E-state index is -0.407. The van der Waals surface area contributed by atoms with Gasteiger partial charge in [-0.25, -0.2) is 4.79 Å². The quantitative estimate of drug-likeness (QED) is 0.444. The highest BCUT2D eigenvalue weighted by Gasteiger charge is 2.00. The van der Waals surface area contributed by atoms with Crippen LogP contribution in [-0.4, -0.2) is 11.1 Å². The third-order valence-electron chi connectivity index (χ3n) is 1.46. The summed E-state index contributed by atoms with van der Waals surface area (Å²) in [6, 6.07) is 5.99. The predicted molar refractivity (Wildman–Crippen MR) is 53.2 cm³/mol. The molecule has 0 aliphatic carbocycles. The number of hydrogen-bond donors (Lipinski definition) is 1. The Morgan fingerprint density at radius 2 is 1.86 bits per heavy atom. The van der Waals surface area contributed by atoms with E-state index in [0.717, 1.165) is 5.57 Å². The molecule has 0 saturated heterocycles. The van der Waals surface area contributed by atoms with E-state index in [4.69, 9.17) is 9.84 Å². The Hall–Kier alpha value is -1.77. The van der Waals surface area contributed by atoms with Gasteiger partial charge in [-0.05, 0) is 38.1 Å². The molecule has 0 aliphatic heterocycles. The molecule has 0 unspecified atom stereocenters. The average molecular weight is 192 g/mol. The van der Waals surface area contributed by atoms with E-state index in [1.165, 1.54) is 30.3 Å². The van der Waals surface area contributed by atoms with Crippen LogP contribution in [0.1, 0.15) is 13.8 Å². The number of hydrogen-bond acceptors (Lipinski definition) is 3. The van der Waals surface area contributed by atoms with Crippen LogP contribution in [0.25, 0.3) is 0 Å². The smallest absolute Gasteiger partial charge is 0.336 e. The van der Waals surface area contributed by atoms with Crippen LogP contribution in [0.15, 0.2) is 35.9 Å². The number of carbonyl (C=O) groups excluding carboxylic acids is 1. The number of carbonyl (C=O) groups is 1. The Balaban J connectivity index is 2.66. The van der Waals surface area contributed by atoms with Gasteiger partial charge in [-0.1, -0.05) is 5.57 Å². The maximum Gasteiger partial charge on any atom is 0.336 e. The molecular formula is C11H12O3. The first-order valence-electron chi connectivity index (χ1n) is 4.23. The first kappa shape index (κ1) is 10.3. The van der Waals surface area contributed by atoms with Crippen molar-refractivity contribution in [2.45, 2.75) is 13.8 Å². The minimum absolute atomic E-state index is 0.145. The van der Waals surface area contributed by atoms with Crippen LogP contribution in [0.2, 0.25) is 0 Å². The highest BCUT2D eigenvalue weighted by molar-refractivity contribution is 5.84.